The van der Waals surface area contributed by atoms with Gasteiger partial charge in [0.2, 0.25) is 0 Å². The summed E-state index contributed by atoms with van der Waals surface area (Å²) in [5.74, 6) is 0.408. The molecule has 3 heterocycles. The van der Waals surface area contributed by atoms with Crippen LogP contribution in [0.15, 0.2) is 77.6 Å². The molecule has 0 amide bonds. The minimum Gasteiger partial charge on any atom is -0.369 e. The Morgan fingerprint density at radius 2 is 1.70 bits per heavy atom. The van der Waals surface area contributed by atoms with E-state index < -0.39 is 6.04 Å². The average molecular weight is 538 g/mol. The third-order valence-corrected chi connectivity index (χ3v) is 8.00. The molecule has 0 spiro atoms. The summed E-state index contributed by atoms with van der Waals surface area (Å²) in [5.41, 5.74) is 5.74. The molecule has 2 aromatic heterocycles. The number of halogens is 1. The van der Waals surface area contributed by atoms with Crippen molar-refractivity contribution in [1.82, 2.24) is 30.1 Å². The molecule has 3 aromatic carbocycles. The number of hydrogen-bond acceptors (Lipinski definition) is 6. The first-order chi connectivity index (χ1) is 19.5. The largest absolute Gasteiger partial charge is 0.369 e. The summed E-state index contributed by atoms with van der Waals surface area (Å²) >= 11 is 0. The van der Waals surface area contributed by atoms with Crippen LogP contribution in [0, 0.1) is 19.7 Å². The minimum atomic E-state index is -0.420. The van der Waals surface area contributed by atoms with Crippen molar-refractivity contribution >= 4 is 16.6 Å². The molecule has 6 rings (SSSR count). The number of rotatable bonds is 7. The molecule has 1 aliphatic rings. The SMILES string of the molecule is Cc1ccc2cc(C(c3nnnn3CCc3ccccc3)N3CCN(c4ccc(F)cc4)CC3)c(=O)[nH]c2c1C. The molecule has 40 heavy (non-hydrogen) atoms. The number of aromatic nitrogens is 5. The van der Waals surface area contributed by atoms with Crippen molar-refractivity contribution in [3.63, 3.8) is 0 Å². The lowest BCUT2D eigenvalue weighted by Crippen LogP contribution is -2.49. The first-order valence-corrected chi connectivity index (χ1v) is 13.7. The Morgan fingerprint density at radius 3 is 2.45 bits per heavy atom. The number of anilines is 1. The van der Waals surface area contributed by atoms with Crippen LogP contribution >= 0.6 is 0 Å². The average Bonchev–Trinajstić information content (AvgIpc) is 3.44. The zero-order valence-electron chi connectivity index (χ0n) is 22.7. The van der Waals surface area contributed by atoms with E-state index in [1.165, 1.54) is 17.7 Å². The second-order valence-electron chi connectivity index (χ2n) is 10.4. The Kier molecular flexibility index (Phi) is 7.13. The highest BCUT2D eigenvalue weighted by molar-refractivity contribution is 5.83. The van der Waals surface area contributed by atoms with E-state index >= 15 is 0 Å². The van der Waals surface area contributed by atoms with Crippen LogP contribution in [0.25, 0.3) is 10.9 Å². The molecule has 1 fully saturated rings. The molecular formula is C31H32FN7O. The Morgan fingerprint density at radius 1 is 0.950 bits per heavy atom. The van der Waals surface area contributed by atoms with E-state index in [2.05, 4.69) is 54.6 Å². The molecule has 1 unspecified atom stereocenters. The highest BCUT2D eigenvalue weighted by Crippen LogP contribution is 2.30. The highest BCUT2D eigenvalue weighted by atomic mass is 19.1. The number of nitrogens with zero attached hydrogens (tertiary/aromatic N) is 6. The quantitative estimate of drug-likeness (QED) is 0.331. The number of tetrazole rings is 1. The molecule has 8 nitrogen and oxygen atoms in total. The number of H-pyrrole nitrogens is 1. The number of hydrogen-bond donors (Lipinski definition) is 1. The summed E-state index contributed by atoms with van der Waals surface area (Å²) in [4.78, 5) is 21.4. The standard InChI is InChI=1S/C31H32FN7O/c1-21-8-9-24-20-27(31(40)33-28(24)22(21)2)29(30-34-35-36-39(30)15-14-23-6-4-3-5-7-23)38-18-16-37(17-19-38)26-12-10-25(32)11-13-26/h3-13,20,29H,14-19H2,1-2H3,(H,33,40). The van der Waals surface area contributed by atoms with Crippen molar-refractivity contribution in [2.45, 2.75) is 32.9 Å². The number of pyridine rings is 1. The molecule has 1 saturated heterocycles. The monoisotopic (exact) mass is 537 g/mol. The molecule has 1 atom stereocenters. The topological polar surface area (TPSA) is 82.9 Å². The maximum Gasteiger partial charge on any atom is 0.253 e. The molecule has 204 valence electrons. The predicted octanol–water partition coefficient (Wildman–Crippen LogP) is 4.42. The first-order valence-electron chi connectivity index (χ1n) is 13.7. The van der Waals surface area contributed by atoms with Crippen LogP contribution in [-0.4, -0.2) is 56.3 Å². The van der Waals surface area contributed by atoms with Crippen LogP contribution in [0.3, 0.4) is 0 Å². The first kappa shape index (κ1) is 25.9. The van der Waals surface area contributed by atoms with Gasteiger partial charge in [-0.2, -0.15) is 0 Å². The third-order valence-electron chi connectivity index (χ3n) is 8.00. The van der Waals surface area contributed by atoms with Gasteiger partial charge in [0.05, 0.1) is 5.52 Å². The van der Waals surface area contributed by atoms with Crippen LogP contribution in [0.2, 0.25) is 0 Å². The summed E-state index contributed by atoms with van der Waals surface area (Å²) in [6.45, 7) is 7.53. The van der Waals surface area contributed by atoms with Crippen molar-refractivity contribution < 1.29 is 4.39 Å². The van der Waals surface area contributed by atoms with Crippen LogP contribution in [0.4, 0.5) is 10.1 Å². The van der Waals surface area contributed by atoms with Gasteiger partial charge >= 0.3 is 0 Å². The van der Waals surface area contributed by atoms with Gasteiger partial charge in [-0.3, -0.25) is 9.69 Å². The van der Waals surface area contributed by atoms with Crippen molar-refractivity contribution in [3.05, 3.63) is 117 Å². The van der Waals surface area contributed by atoms with Crippen LogP contribution < -0.4 is 10.5 Å². The second kappa shape index (κ2) is 11.0. The van der Waals surface area contributed by atoms with Gasteiger partial charge in [0.15, 0.2) is 5.82 Å². The summed E-state index contributed by atoms with van der Waals surface area (Å²) in [5, 5.41) is 13.8. The third kappa shape index (κ3) is 5.12. The molecule has 0 radical (unpaired) electrons. The van der Waals surface area contributed by atoms with Crippen LogP contribution in [0.1, 0.15) is 34.1 Å². The summed E-state index contributed by atoms with van der Waals surface area (Å²) in [7, 11) is 0. The maximum absolute atomic E-state index is 13.7. The van der Waals surface area contributed by atoms with E-state index in [0.29, 0.717) is 31.0 Å². The fourth-order valence-electron chi connectivity index (χ4n) is 5.58. The zero-order valence-corrected chi connectivity index (χ0v) is 22.7. The minimum absolute atomic E-state index is 0.134. The van der Waals surface area contributed by atoms with Crippen LogP contribution in [0.5, 0.6) is 0 Å². The molecule has 1 aliphatic heterocycles. The normalized spacial score (nSPS) is 15.0. The Hall–Kier alpha value is -4.37. The Labute approximate surface area is 232 Å². The number of nitrogens with one attached hydrogen (secondary N) is 1. The number of fused-ring (bicyclic) bond motifs is 1. The molecular weight excluding hydrogens is 505 g/mol. The van der Waals surface area contributed by atoms with Gasteiger partial charge in [0.1, 0.15) is 11.9 Å². The lowest BCUT2D eigenvalue weighted by atomic mass is 9.99. The van der Waals surface area contributed by atoms with Gasteiger partial charge in [-0.05, 0) is 83.1 Å². The fraction of sp³-hybridized carbons (Fsp3) is 0.290. The van der Waals surface area contributed by atoms with Gasteiger partial charge < -0.3 is 9.88 Å². The maximum atomic E-state index is 13.7. The molecule has 0 aliphatic carbocycles. The molecule has 0 saturated carbocycles. The summed E-state index contributed by atoms with van der Waals surface area (Å²) < 4.78 is 15.3. The van der Waals surface area contributed by atoms with Gasteiger partial charge in [0, 0.05) is 44.0 Å². The zero-order chi connectivity index (χ0) is 27.6. The van der Waals surface area contributed by atoms with Crippen molar-refractivity contribution in [2.24, 2.45) is 0 Å². The number of aryl methyl sites for hydroxylation is 4. The molecule has 1 N–H and O–H groups in total. The van der Waals surface area contributed by atoms with Gasteiger partial charge in [-0.1, -0.05) is 42.5 Å². The number of piperazine rings is 1. The lowest BCUT2D eigenvalue weighted by molar-refractivity contribution is 0.199. The van der Waals surface area contributed by atoms with Crippen molar-refractivity contribution in [3.8, 4) is 0 Å². The van der Waals surface area contributed by atoms with Gasteiger partial charge in [-0.25, -0.2) is 9.07 Å². The summed E-state index contributed by atoms with van der Waals surface area (Å²) in [6.07, 6.45) is 0.774. The van der Waals surface area contributed by atoms with E-state index in [-0.39, 0.29) is 11.4 Å². The van der Waals surface area contributed by atoms with Crippen molar-refractivity contribution in [1.29, 1.82) is 0 Å². The highest BCUT2D eigenvalue weighted by Gasteiger charge is 2.33. The van der Waals surface area contributed by atoms with Gasteiger partial charge in [0.25, 0.3) is 5.56 Å². The second-order valence-corrected chi connectivity index (χ2v) is 10.4. The lowest BCUT2D eigenvalue weighted by Gasteiger charge is -2.39. The number of benzene rings is 3. The molecule has 5 aromatic rings. The fourth-order valence-corrected chi connectivity index (χ4v) is 5.58. The van der Waals surface area contributed by atoms with Crippen LogP contribution in [-0.2, 0) is 13.0 Å². The smallest absolute Gasteiger partial charge is 0.253 e. The molecule has 9 heteroatoms. The van der Waals surface area contributed by atoms with Gasteiger partial charge in [-0.15, -0.1) is 5.10 Å². The molecule has 0 bridgehead atoms. The Balaban J connectivity index is 1.36. The van der Waals surface area contributed by atoms with E-state index in [9.17, 15) is 9.18 Å². The van der Waals surface area contributed by atoms with Crippen molar-refractivity contribution in [2.75, 3.05) is 31.1 Å². The summed E-state index contributed by atoms with van der Waals surface area (Å²) in [6, 6.07) is 22.5. The predicted molar refractivity (Wildman–Crippen MR) is 154 cm³/mol. The van der Waals surface area contributed by atoms with E-state index in [0.717, 1.165) is 47.2 Å². The van der Waals surface area contributed by atoms with E-state index in [1.807, 2.05) is 54.9 Å². The van der Waals surface area contributed by atoms with E-state index in [1.54, 1.807) is 0 Å². The van der Waals surface area contributed by atoms with E-state index in [4.69, 9.17) is 0 Å². The Bertz CT molecular complexity index is 1670. The number of aromatic amines is 1.